The minimum absolute atomic E-state index is 0.0986. The van der Waals surface area contributed by atoms with Gasteiger partial charge in [0.25, 0.3) is 10.0 Å². The zero-order chi connectivity index (χ0) is 22.0. The van der Waals surface area contributed by atoms with Crippen molar-refractivity contribution in [2.75, 3.05) is 13.6 Å². The van der Waals surface area contributed by atoms with E-state index >= 15 is 0 Å². The summed E-state index contributed by atoms with van der Waals surface area (Å²) in [7, 11) is -1.68. The molecule has 8 heteroatoms. The summed E-state index contributed by atoms with van der Waals surface area (Å²) in [6, 6.07) is 10.8. The zero-order valence-corrected chi connectivity index (χ0v) is 18.8. The maximum absolute atomic E-state index is 12.4. The molecule has 0 radical (unpaired) electrons. The van der Waals surface area contributed by atoms with Gasteiger partial charge >= 0.3 is 0 Å². The molecule has 31 heavy (non-hydrogen) atoms. The summed E-state index contributed by atoms with van der Waals surface area (Å²) < 4.78 is 32.6. The smallest absolute Gasteiger partial charge is 0.263 e. The fraction of sp³-hybridized carbons (Fsp3) is 0.478. The first-order valence-corrected chi connectivity index (χ1v) is 12.3. The molecule has 2 unspecified atom stereocenters. The van der Waals surface area contributed by atoms with Crippen LogP contribution in [0.25, 0.3) is 0 Å². The molecule has 1 N–H and O–H groups in total. The summed E-state index contributed by atoms with van der Waals surface area (Å²) in [5, 5.41) is 0. The van der Waals surface area contributed by atoms with Crippen LogP contribution in [-0.2, 0) is 21.4 Å². The molecule has 7 nitrogen and oxygen atoms in total. The molecule has 1 fully saturated rings. The van der Waals surface area contributed by atoms with E-state index in [0.717, 1.165) is 30.8 Å². The highest BCUT2D eigenvalue weighted by molar-refractivity contribution is 7.90. The number of nitrogens with zero attached hydrogens (tertiary/aromatic N) is 2. The van der Waals surface area contributed by atoms with E-state index in [1.165, 1.54) is 6.42 Å². The van der Waals surface area contributed by atoms with E-state index < -0.39 is 10.0 Å². The maximum atomic E-state index is 12.4. The van der Waals surface area contributed by atoms with Crippen molar-refractivity contribution in [3.8, 4) is 0 Å². The van der Waals surface area contributed by atoms with Gasteiger partial charge in [0.1, 0.15) is 17.4 Å². The third-order valence-corrected chi connectivity index (χ3v) is 7.35. The van der Waals surface area contributed by atoms with Crippen LogP contribution < -0.4 is 4.72 Å². The summed E-state index contributed by atoms with van der Waals surface area (Å²) in [6.07, 6.45) is 4.10. The number of nitrogens with one attached hydrogen (secondary N) is 1. The first-order valence-electron chi connectivity index (χ1n) is 10.8. The summed E-state index contributed by atoms with van der Waals surface area (Å²) in [4.78, 5) is 18.8. The summed E-state index contributed by atoms with van der Waals surface area (Å²) >= 11 is 0. The van der Waals surface area contributed by atoms with Gasteiger partial charge in [-0.15, -0.1) is 0 Å². The molecule has 0 saturated heterocycles. The molecule has 1 aromatic heterocycles. The number of rotatable bonds is 9. The minimum atomic E-state index is -3.49. The topological polar surface area (TPSA) is 92.0 Å². The standard InChI is InChI=1S/C23H29N3O4S/c1-16-14-19(16)20-12-11-17(30-20)15-26(2)22(27)10-4-3-7-13-24-23-18-8-5-6-9-21(18)31(28,29)25-23/h5-6,8-9,11-12,16,19H,3-4,7,10,13-15H2,1-2H3,(H,24,25). The van der Waals surface area contributed by atoms with Gasteiger partial charge in [-0.1, -0.05) is 25.5 Å². The van der Waals surface area contributed by atoms with Gasteiger partial charge in [0.15, 0.2) is 0 Å². The van der Waals surface area contributed by atoms with E-state index in [9.17, 15) is 13.2 Å². The van der Waals surface area contributed by atoms with E-state index in [1.807, 2.05) is 12.1 Å². The summed E-state index contributed by atoms with van der Waals surface area (Å²) in [6.45, 7) is 3.23. The number of aliphatic imine (C=N–C) groups is 1. The van der Waals surface area contributed by atoms with E-state index in [2.05, 4.69) is 16.6 Å². The van der Waals surface area contributed by atoms with Crippen LogP contribution in [-0.4, -0.2) is 38.7 Å². The quantitative estimate of drug-likeness (QED) is 0.599. The van der Waals surface area contributed by atoms with Crippen molar-refractivity contribution >= 4 is 21.8 Å². The number of furan rings is 1. The van der Waals surface area contributed by atoms with Crippen molar-refractivity contribution in [2.24, 2.45) is 10.9 Å². The molecule has 2 heterocycles. The summed E-state index contributed by atoms with van der Waals surface area (Å²) in [5.74, 6) is 3.63. The molecule has 4 rings (SSSR count). The predicted octanol–water partition coefficient (Wildman–Crippen LogP) is 3.66. The number of benzene rings is 1. The number of carbonyl (C=O) groups is 1. The van der Waals surface area contributed by atoms with Crippen LogP contribution >= 0.6 is 0 Å². The molecule has 0 bridgehead atoms. The zero-order valence-electron chi connectivity index (χ0n) is 18.0. The Morgan fingerprint density at radius 3 is 2.74 bits per heavy atom. The maximum Gasteiger partial charge on any atom is 0.263 e. The van der Waals surface area contributed by atoms with E-state index in [-0.39, 0.29) is 10.8 Å². The van der Waals surface area contributed by atoms with Gasteiger partial charge in [-0.25, -0.2) is 8.42 Å². The number of amides is 1. The number of fused-ring (bicyclic) bond motifs is 1. The average Bonchev–Trinajstić information content (AvgIpc) is 3.18. The fourth-order valence-electron chi connectivity index (χ4n) is 3.92. The van der Waals surface area contributed by atoms with Crippen LogP contribution in [0, 0.1) is 5.92 Å². The Labute approximate surface area is 183 Å². The fourth-order valence-corrected chi connectivity index (χ4v) is 5.17. The molecule has 2 aliphatic rings. The van der Waals surface area contributed by atoms with Crippen molar-refractivity contribution in [3.63, 3.8) is 0 Å². The Kier molecular flexibility index (Phi) is 6.18. The van der Waals surface area contributed by atoms with Crippen molar-refractivity contribution in [3.05, 3.63) is 53.5 Å². The first kappa shape index (κ1) is 21.6. The lowest BCUT2D eigenvalue weighted by Crippen LogP contribution is -2.25. The van der Waals surface area contributed by atoms with Crippen molar-refractivity contribution < 1.29 is 17.6 Å². The van der Waals surface area contributed by atoms with Crippen LogP contribution in [0.3, 0.4) is 0 Å². The van der Waals surface area contributed by atoms with Gasteiger partial charge in [0.2, 0.25) is 5.91 Å². The highest BCUT2D eigenvalue weighted by Gasteiger charge is 2.36. The normalized spacial score (nSPS) is 22.2. The van der Waals surface area contributed by atoms with Gasteiger partial charge in [-0.3, -0.25) is 14.5 Å². The van der Waals surface area contributed by atoms with Gasteiger partial charge in [-0.2, -0.15) is 0 Å². The molecule has 1 aliphatic carbocycles. The molecule has 1 aromatic carbocycles. The largest absolute Gasteiger partial charge is 0.464 e. The summed E-state index contributed by atoms with van der Waals surface area (Å²) in [5.41, 5.74) is 0.622. The van der Waals surface area contributed by atoms with E-state index in [4.69, 9.17) is 4.42 Å². The molecule has 1 amide bonds. The van der Waals surface area contributed by atoms with Gasteiger partial charge in [0, 0.05) is 31.5 Å². The Balaban J connectivity index is 1.17. The Morgan fingerprint density at radius 2 is 1.97 bits per heavy atom. The Morgan fingerprint density at radius 1 is 1.19 bits per heavy atom. The predicted molar refractivity (Wildman–Crippen MR) is 118 cm³/mol. The number of hydrogen-bond acceptors (Lipinski definition) is 5. The van der Waals surface area contributed by atoms with Crippen molar-refractivity contribution in [1.82, 2.24) is 9.62 Å². The lowest BCUT2D eigenvalue weighted by molar-refractivity contribution is -0.130. The van der Waals surface area contributed by atoms with Gasteiger partial charge in [0.05, 0.1) is 11.4 Å². The van der Waals surface area contributed by atoms with Crippen LogP contribution in [0.15, 0.2) is 50.7 Å². The Hall–Kier alpha value is -2.61. The van der Waals surface area contributed by atoms with E-state index in [1.54, 1.807) is 36.2 Å². The number of hydrogen-bond donors (Lipinski definition) is 1. The van der Waals surface area contributed by atoms with Crippen molar-refractivity contribution in [1.29, 1.82) is 0 Å². The molecule has 1 aliphatic heterocycles. The molecular formula is C23H29N3O4S. The van der Waals surface area contributed by atoms with E-state index in [0.29, 0.717) is 42.7 Å². The van der Waals surface area contributed by atoms with Crippen LogP contribution in [0.2, 0.25) is 0 Å². The molecule has 1 saturated carbocycles. The minimum Gasteiger partial charge on any atom is -0.464 e. The molecule has 0 spiro atoms. The van der Waals surface area contributed by atoms with Crippen molar-refractivity contribution in [2.45, 2.75) is 56.4 Å². The lowest BCUT2D eigenvalue weighted by atomic mass is 10.1. The Bertz CT molecular complexity index is 1090. The number of unbranched alkanes of at least 4 members (excludes halogenated alkanes) is 2. The monoisotopic (exact) mass is 443 g/mol. The molecule has 2 aromatic rings. The van der Waals surface area contributed by atoms with Gasteiger partial charge in [-0.05, 0) is 49.4 Å². The van der Waals surface area contributed by atoms with Crippen LogP contribution in [0.5, 0.6) is 0 Å². The highest BCUT2D eigenvalue weighted by atomic mass is 32.2. The molecular weight excluding hydrogens is 414 g/mol. The number of sulfonamides is 1. The average molecular weight is 444 g/mol. The van der Waals surface area contributed by atoms with Crippen LogP contribution in [0.4, 0.5) is 0 Å². The lowest BCUT2D eigenvalue weighted by Gasteiger charge is -2.15. The van der Waals surface area contributed by atoms with Gasteiger partial charge < -0.3 is 9.32 Å². The third kappa shape index (κ3) is 5.01. The second-order valence-electron chi connectivity index (χ2n) is 8.52. The second-order valence-corrected chi connectivity index (χ2v) is 10.2. The highest BCUT2D eigenvalue weighted by Crippen LogP contribution is 2.47. The number of carbonyl (C=O) groups excluding carboxylic acids is 1. The number of amidine groups is 1. The van der Waals surface area contributed by atoms with Crippen LogP contribution in [0.1, 0.15) is 62.0 Å². The molecule has 2 atom stereocenters. The third-order valence-electron chi connectivity index (χ3n) is 5.96. The first-order chi connectivity index (χ1) is 14.8. The SMILES string of the molecule is CC1CC1c1ccc(CN(C)C(=O)CCCCCN=C2NS(=O)(=O)c3ccccc32)o1. The second kappa shape index (κ2) is 8.86. The molecule has 166 valence electrons.